The predicted octanol–water partition coefficient (Wildman–Crippen LogP) is 1.71. The van der Waals surface area contributed by atoms with E-state index in [0.717, 1.165) is 0 Å². The van der Waals surface area contributed by atoms with E-state index in [9.17, 15) is 14.0 Å². The molecule has 0 aromatic heterocycles. The first kappa shape index (κ1) is 16.4. The highest BCUT2D eigenvalue weighted by molar-refractivity contribution is 5.80. The van der Waals surface area contributed by atoms with Gasteiger partial charge in [-0.2, -0.15) is 0 Å². The molecule has 6 heteroatoms. The van der Waals surface area contributed by atoms with Crippen LogP contribution in [-0.2, 0) is 20.7 Å². The average molecular weight is 309 g/mol. The summed E-state index contributed by atoms with van der Waals surface area (Å²) in [6.45, 7) is 2.74. The standard InChI is InChI=1S/C16H20FNO4/c1-11(8-12-4-2-3-5-14(12)17)16(21)18-6-7-22-10-13(18)9-15(19)20/h2-5,11,13H,6-10H2,1H3,(H,19,20). The van der Waals surface area contributed by atoms with Crippen LogP contribution in [0.15, 0.2) is 24.3 Å². The van der Waals surface area contributed by atoms with Crippen LogP contribution in [-0.4, -0.2) is 47.7 Å². The second-order valence-electron chi connectivity index (χ2n) is 5.55. The molecule has 2 atom stereocenters. The molecule has 0 aliphatic carbocycles. The van der Waals surface area contributed by atoms with Gasteiger partial charge in [0.1, 0.15) is 5.82 Å². The van der Waals surface area contributed by atoms with Crippen molar-refractivity contribution in [2.24, 2.45) is 5.92 Å². The normalized spacial score (nSPS) is 19.7. The maximum Gasteiger partial charge on any atom is 0.305 e. The summed E-state index contributed by atoms with van der Waals surface area (Å²) in [6, 6.07) is 5.91. The van der Waals surface area contributed by atoms with Gasteiger partial charge < -0.3 is 14.7 Å². The Kier molecular flexibility index (Phi) is 5.49. The van der Waals surface area contributed by atoms with E-state index in [-0.39, 0.29) is 24.8 Å². The third-order valence-corrected chi connectivity index (χ3v) is 3.83. The van der Waals surface area contributed by atoms with Crippen molar-refractivity contribution in [3.8, 4) is 0 Å². The number of carbonyl (C=O) groups is 2. The van der Waals surface area contributed by atoms with Gasteiger partial charge in [-0.15, -0.1) is 0 Å². The molecule has 1 saturated heterocycles. The van der Waals surface area contributed by atoms with Gasteiger partial charge >= 0.3 is 5.97 Å². The van der Waals surface area contributed by atoms with Crippen LogP contribution in [0.4, 0.5) is 4.39 Å². The number of hydrogen-bond donors (Lipinski definition) is 1. The number of ether oxygens (including phenoxy) is 1. The van der Waals surface area contributed by atoms with E-state index in [1.807, 2.05) is 0 Å². The summed E-state index contributed by atoms with van der Waals surface area (Å²) >= 11 is 0. The molecule has 120 valence electrons. The van der Waals surface area contributed by atoms with Crippen molar-refractivity contribution in [3.05, 3.63) is 35.6 Å². The van der Waals surface area contributed by atoms with Crippen LogP contribution in [0.1, 0.15) is 18.9 Å². The molecule has 2 rings (SSSR count). The molecule has 22 heavy (non-hydrogen) atoms. The summed E-state index contributed by atoms with van der Waals surface area (Å²) < 4.78 is 18.9. The fourth-order valence-electron chi connectivity index (χ4n) is 2.68. The third-order valence-electron chi connectivity index (χ3n) is 3.83. The molecule has 1 aromatic rings. The lowest BCUT2D eigenvalue weighted by Crippen LogP contribution is -2.51. The number of hydrogen-bond acceptors (Lipinski definition) is 3. The minimum atomic E-state index is -0.963. The third kappa shape index (κ3) is 4.04. The highest BCUT2D eigenvalue weighted by Gasteiger charge is 2.31. The van der Waals surface area contributed by atoms with Gasteiger partial charge in [0.2, 0.25) is 5.91 Å². The number of carboxylic acids is 1. The fraction of sp³-hybridized carbons (Fsp3) is 0.500. The van der Waals surface area contributed by atoms with Crippen molar-refractivity contribution < 1.29 is 23.8 Å². The molecule has 0 saturated carbocycles. The first-order valence-corrected chi connectivity index (χ1v) is 7.32. The number of rotatable bonds is 5. The Morgan fingerprint density at radius 2 is 2.18 bits per heavy atom. The minimum absolute atomic E-state index is 0.141. The summed E-state index contributed by atoms with van der Waals surface area (Å²) in [7, 11) is 0. The maximum absolute atomic E-state index is 13.7. The van der Waals surface area contributed by atoms with Crippen LogP contribution in [0, 0.1) is 11.7 Å². The molecular weight excluding hydrogens is 289 g/mol. The quantitative estimate of drug-likeness (QED) is 0.899. The van der Waals surface area contributed by atoms with Gasteiger partial charge in [-0.05, 0) is 18.1 Å². The average Bonchev–Trinajstić information content (AvgIpc) is 2.49. The van der Waals surface area contributed by atoms with Crippen LogP contribution in [0.3, 0.4) is 0 Å². The zero-order valence-corrected chi connectivity index (χ0v) is 12.5. The predicted molar refractivity (Wildman–Crippen MR) is 77.8 cm³/mol. The summed E-state index contributed by atoms with van der Waals surface area (Å²) in [5.74, 6) is -1.86. The maximum atomic E-state index is 13.7. The zero-order chi connectivity index (χ0) is 16.1. The Morgan fingerprint density at radius 3 is 2.86 bits per heavy atom. The van der Waals surface area contributed by atoms with E-state index in [1.165, 1.54) is 6.07 Å². The molecule has 0 spiro atoms. The first-order chi connectivity index (χ1) is 10.5. The van der Waals surface area contributed by atoms with E-state index in [1.54, 1.807) is 30.0 Å². The Morgan fingerprint density at radius 1 is 1.45 bits per heavy atom. The van der Waals surface area contributed by atoms with Gasteiger partial charge in [-0.3, -0.25) is 9.59 Å². The summed E-state index contributed by atoms with van der Waals surface area (Å²) in [5.41, 5.74) is 0.492. The van der Waals surface area contributed by atoms with Crippen molar-refractivity contribution in [2.75, 3.05) is 19.8 Å². The SMILES string of the molecule is CC(Cc1ccccc1F)C(=O)N1CCOCC1CC(=O)O. The highest BCUT2D eigenvalue weighted by atomic mass is 19.1. The Balaban J connectivity index is 2.04. The van der Waals surface area contributed by atoms with Crippen molar-refractivity contribution in [1.29, 1.82) is 0 Å². The smallest absolute Gasteiger partial charge is 0.305 e. The van der Waals surface area contributed by atoms with E-state index in [2.05, 4.69) is 0 Å². The molecule has 1 N–H and O–H groups in total. The lowest BCUT2D eigenvalue weighted by Gasteiger charge is -2.36. The topological polar surface area (TPSA) is 66.8 Å². The number of benzene rings is 1. The van der Waals surface area contributed by atoms with E-state index in [4.69, 9.17) is 9.84 Å². The molecule has 1 amide bonds. The highest BCUT2D eigenvalue weighted by Crippen LogP contribution is 2.18. The summed E-state index contributed by atoms with van der Waals surface area (Å²) in [5, 5.41) is 8.93. The molecule has 1 aliphatic heterocycles. The van der Waals surface area contributed by atoms with Crippen LogP contribution in [0.2, 0.25) is 0 Å². The number of morpholine rings is 1. The number of carbonyl (C=O) groups excluding carboxylic acids is 1. The summed E-state index contributed by atoms with van der Waals surface area (Å²) in [4.78, 5) is 25.0. The van der Waals surface area contributed by atoms with Crippen LogP contribution in [0.5, 0.6) is 0 Å². The van der Waals surface area contributed by atoms with Gasteiger partial charge in [0.05, 0.1) is 25.7 Å². The Bertz CT molecular complexity index is 549. The van der Waals surface area contributed by atoms with E-state index >= 15 is 0 Å². The molecule has 1 heterocycles. The minimum Gasteiger partial charge on any atom is -0.481 e. The molecule has 1 fully saturated rings. The van der Waals surface area contributed by atoms with Crippen molar-refractivity contribution in [3.63, 3.8) is 0 Å². The van der Waals surface area contributed by atoms with Crippen molar-refractivity contribution in [2.45, 2.75) is 25.8 Å². The molecular formula is C16H20FNO4. The summed E-state index contributed by atoms with van der Waals surface area (Å²) in [6.07, 6.45) is 0.154. The van der Waals surface area contributed by atoms with Gasteiger partial charge in [0.15, 0.2) is 0 Å². The second kappa shape index (κ2) is 7.35. The zero-order valence-electron chi connectivity index (χ0n) is 12.5. The first-order valence-electron chi connectivity index (χ1n) is 7.32. The van der Waals surface area contributed by atoms with Gasteiger partial charge in [0.25, 0.3) is 0 Å². The molecule has 1 aromatic carbocycles. The lowest BCUT2D eigenvalue weighted by atomic mass is 9.98. The molecule has 1 aliphatic rings. The molecule has 2 unspecified atom stereocenters. The monoisotopic (exact) mass is 309 g/mol. The van der Waals surface area contributed by atoms with Crippen LogP contribution >= 0.6 is 0 Å². The van der Waals surface area contributed by atoms with E-state index < -0.39 is 17.9 Å². The van der Waals surface area contributed by atoms with Crippen molar-refractivity contribution in [1.82, 2.24) is 4.90 Å². The van der Waals surface area contributed by atoms with Crippen LogP contribution in [0.25, 0.3) is 0 Å². The number of halogens is 1. The Hall–Kier alpha value is -1.95. The fourth-order valence-corrected chi connectivity index (χ4v) is 2.68. The number of aliphatic carboxylic acids is 1. The number of nitrogens with zero attached hydrogens (tertiary/aromatic N) is 1. The molecule has 5 nitrogen and oxygen atoms in total. The lowest BCUT2D eigenvalue weighted by molar-refractivity contribution is -0.148. The molecule has 0 bridgehead atoms. The Labute approximate surface area is 128 Å². The second-order valence-corrected chi connectivity index (χ2v) is 5.55. The van der Waals surface area contributed by atoms with Gasteiger partial charge in [0, 0.05) is 12.5 Å². The van der Waals surface area contributed by atoms with Crippen LogP contribution < -0.4 is 0 Å². The number of amides is 1. The molecule has 0 radical (unpaired) electrons. The van der Waals surface area contributed by atoms with Crippen molar-refractivity contribution >= 4 is 11.9 Å². The largest absolute Gasteiger partial charge is 0.481 e. The van der Waals surface area contributed by atoms with Gasteiger partial charge in [-0.1, -0.05) is 25.1 Å². The number of carboxylic acid groups (broad SMARTS) is 1. The van der Waals surface area contributed by atoms with Gasteiger partial charge in [-0.25, -0.2) is 4.39 Å². The van der Waals surface area contributed by atoms with E-state index in [0.29, 0.717) is 25.1 Å².